The Kier molecular flexibility index (Phi) is 5.00. The monoisotopic (exact) mass is 365 g/mol. The number of piperidine rings is 1. The highest BCUT2D eigenvalue weighted by Gasteiger charge is 2.29. The van der Waals surface area contributed by atoms with Gasteiger partial charge in [0.1, 0.15) is 0 Å². The summed E-state index contributed by atoms with van der Waals surface area (Å²) in [5.74, 6) is 0.830. The highest BCUT2D eigenvalue weighted by Crippen LogP contribution is 2.30. The number of anilines is 2. The third-order valence-corrected chi connectivity index (χ3v) is 4.95. The number of aromatic nitrogens is 2. The number of rotatable bonds is 5. The summed E-state index contributed by atoms with van der Waals surface area (Å²) in [4.78, 5) is 35.0. The fourth-order valence-corrected chi connectivity index (χ4v) is 3.29. The Hall–Kier alpha value is -2.96. The second kappa shape index (κ2) is 7.73. The highest BCUT2D eigenvalue weighted by molar-refractivity contribution is 5.96. The van der Waals surface area contributed by atoms with E-state index in [-0.39, 0.29) is 23.8 Å². The molecule has 2 heterocycles. The van der Waals surface area contributed by atoms with E-state index < -0.39 is 0 Å². The van der Waals surface area contributed by atoms with Gasteiger partial charge in [-0.15, -0.1) is 0 Å². The molecule has 1 saturated carbocycles. The quantitative estimate of drug-likeness (QED) is 0.848. The average molecular weight is 365 g/mol. The summed E-state index contributed by atoms with van der Waals surface area (Å²) in [5.41, 5.74) is 1.32. The minimum absolute atomic E-state index is 0.0595. The van der Waals surface area contributed by atoms with E-state index in [4.69, 9.17) is 0 Å². The summed E-state index contributed by atoms with van der Waals surface area (Å²) in [6.45, 7) is 1.59. The number of nitrogens with zero attached hydrogens (tertiary/aromatic N) is 3. The first-order chi connectivity index (χ1) is 13.2. The van der Waals surface area contributed by atoms with Crippen molar-refractivity contribution >= 4 is 23.5 Å². The smallest absolute Gasteiger partial charge is 0.251 e. The molecule has 4 rings (SSSR count). The molecule has 2 N–H and O–H groups in total. The molecule has 1 aromatic carbocycles. The third kappa shape index (κ3) is 4.42. The van der Waals surface area contributed by atoms with Gasteiger partial charge in [-0.2, -0.15) is 0 Å². The molecule has 27 heavy (non-hydrogen) atoms. The molecule has 1 aliphatic heterocycles. The molecular formula is C20H23N5O2. The van der Waals surface area contributed by atoms with Gasteiger partial charge in [0.2, 0.25) is 11.9 Å². The zero-order valence-corrected chi connectivity index (χ0v) is 15.1. The van der Waals surface area contributed by atoms with Gasteiger partial charge >= 0.3 is 0 Å². The molecule has 1 aromatic heterocycles. The lowest BCUT2D eigenvalue weighted by atomic mass is 10.1. The first-order valence-corrected chi connectivity index (χ1v) is 9.43. The number of nitrogens with one attached hydrogen (secondary N) is 2. The van der Waals surface area contributed by atoms with E-state index in [1.165, 1.54) is 0 Å². The van der Waals surface area contributed by atoms with Crippen LogP contribution >= 0.6 is 0 Å². The topological polar surface area (TPSA) is 87.2 Å². The number of benzene rings is 1. The molecule has 1 unspecified atom stereocenters. The first-order valence-electron chi connectivity index (χ1n) is 9.43. The minimum Gasteiger partial charge on any atom is -0.348 e. The Morgan fingerprint density at radius 1 is 1.04 bits per heavy atom. The molecule has 1 saturated heterocycles. The van der Waals surface area contributed by atoms with Gasteiger partial charge in [0.15, 0.2) is 0 Å². The maximum absolute atomic E-state index is 12.6. The van der Waals surface area contributed by atoms with Crippen LogP contribution in [0, 0.1) is 5.92 Å². The zero-order chi connectivity index (χ0) is 18.6. The largest absolute Gasteiger partial charge is 0.348 e. The molecule has 0 radical (unpaired) electrons. The van der Waals surface area contributed by atoms with Crippen LogP contribution in [-0.2, 0) is 4.79 Å². The maximum Gasteiger partial charge on any atom is 0.251 e. The molecule has 1 atom stereocenters. The Morgan fingerprint density at radius 3 is 2.48 bits per heavy atom. The normalized spacial score (nSPS) is 19.4. The van der Waals surface area contributed by atoms with Crippen molar-refractivity contribution in [2.24, 2.45) is 5.92 Å². The Balaban J connectivity index is 1.33. The van der Waals surface area contributed by atoms with Crippen molar-refractivity contribution in [2.75, 3.05) is 23.3 Å². The SMILES string of the molecule is O=C(NC1CCCN(c2ncccn2)C1)c1ccc(NC(=O)C2CC2)cc1. The van der Waals surface area contributed by atoms with E-state index >= 15 is 0 Å². The van der Waals surface area contributed by atoms with Crippen LogP contribution in [0.15, 0.2) is 42.7 Å². The van der Waals surface area contributed by atoms with Gasteiger partial charge in [0, 0.05) is 48.7 Å². The Bertz CT molecular complexity index is 805. The van der Waals surface area contributed by atoms with Crippen molar-refractivity contribution in [1.82, 2.24) is 15.3 Å². The van der Waals surface area contributed by atoms with E-state index in [0.717, 1.165) is 37.9 Å². The number of hydrogen-bond donors (Lipinski definition) is 2. The highest BCUT2D eigenvalue weighted by atomic mass is 16.2. The van der Waals surface area contributed by atoms with Gasteiger partial charge in [-0.25, -0.2) is 9.97 Å². The second-order valence-electron chi connectivity index (χ2n) is 7.15. The lowest BCUT2D eigenvalue weighted by Gasteiger charge is -2.33. The van der Waals surface area contributed by atoms with Crippen molar-refractivity contribution in [3.8, 4) is 0 Å². The van der Waals surface area contributed by atoms with Crippen LogP contribution in [-0.4, -0.2) is 40.9 Å². The predicted octanol–water partition coefficient (Wildman–Crippen LogP) is 2.22. The van der Waals surface area contributed by atoms with Crippen molar-refractivity contribution < 1.29 is 9.59 Å². The van der Waals surface area contributed by atoms with Gasteiger partial charge in [-0.05, 0) is 56.0 Å². The lowest BCUT2D eigenvalue weighted by molar-refractivity contribution is -0.117. The molecule has 7 nitrogen and oxygen atoms in total. The fourth-order valence-electron chi connectivity index (χ4n) is 3.29. The fraction of sp³-hybridized carbons (Fsp3) is 0.400. The minimum atomic E-state index is -0.101. The summed E-state index contributed by atoms with van der Waals surface area (Å²) in [6.07, 6.45) is 7.32. The van der Waals surface area contributed by atoms with Crippen LogP contribution in [0.4, 0.5) is 11.6 Å². The molecule has 0 spiro atoms. The van der Waals surface area contributed by atoms with Gasteiger partial charge < -0.3 is 15.5 Å². The van der Waals surface area contributed by atoms with E-state index in [1.807, 2.05) is 0 Å². The third-order valence-electron chi connectivity index (χ3n) is 4.95. The molecule has 2 fully saturated rings. The molecule has 1 aliphatic carbocycles. The van der Waals surface area contributed by atoms with E-state index in [9.17, 15) is 9.59 Å². The number of amides is 2. The standard InChI is InChI=1S/C20H23N5O2/c26-18(14-4-5-14)23-16-8-6-15(7-9-16)19(27)24-17-3-1-12-25(13-17)20-21-10-2-11-22-20/h2,6-11,14,17H,1,3-5,12-13H2,(H,23,26)(H,24,27). The molecule has 7 heteroatoms. The molecule has 2 aliphatic rings. The molecular weight excluding hydrogens is 342 g/mol. The van der Waals surface area contributed by atoms with Gasteiger partial charge in [0.05, 0.1) is 0 Å². The summed E-state index contributed by atoms with van der Waals surface area (Å²) in [7, 11) is 0. The van der Waals surface area contributed by atoms with Crippen molar-refractivity contribution in [3.05, 3.63) is 48.3 Å². The van der Waals surface area contributed by atoms with Crippen LogP contribution in [0.25, 0.3) is 0 Å². The van der Waals surface area contributed by atoms with Crippen LogP contribution in [0.3, 0.4) is 0 Å². The van der Waals surface area contributed by atoms with Gasteiger partial charge in [-0.3, -0.25) is 9.59 Å². The van der Waals surface area contributed by atoms with E-state index in [0.29, 0.717) is 18.1 Å². The van der Waals surface area contributed by atoms with Crippen molar-refractivity contribution in [1.29, 1.82) is 0 Å². The average Bonchev–Trinajstić information content (AvgIpc) is 3.55. The van der Waals surface area contributed by atoms with E-state index in [1.54, 1.807) is 42.7 Å². The second-order valence-corrected chi connectivity index (χ2v) is 7.15. The van der Waals surface area contributed by atoms with Crippen LogP contribution in [0.2, 0.25) is 0 Å². The van der Waals surface area contributed by atoms with Crippen LogP contribution in [0.5, 0.6) is 0 Å². The molecule has 2 aromatic rings. The van der Waals surface area contributed by atoms with Crippen LogP contribution < -0.4 is 15.5 Å². The number of carbonyl (C=O) groups excluding carboxylic acids is 2. The predicted molar refractivity (Wildman–Crippen MR) is 103 cm³/mol. The van der Waals surface area contributed by atoms with Crippen molar-refractivity contribution in [3.63, 3.8) is 0 Å². The molecule has 0 bridgehead atoms. The summed E-state index contributed by atoms with van der Waals surface area (Å²) >= 11 is 0. The number of carbonyl (C=O) groups is 2. The summed E-state index contributed by atoms with van der Waals surface area (Å²) in [5, 5.41) is 5.98. The number of hydrogen-bond acceptors (Lipinski definition) is 5. The summed E-state index contributed by atoms with van der Waals surface area (Å²) < 4.78 is 0. The van der Waals surface area contributed by atoms with E-state index in [2.05, 4.69) is 25.5 Å². The molecule has 2 amide bonds. The Labute approximate surface area is 158 Å². The van der Waals surface area contributed by atoms with Gasteiger partial charge in [-0.1, -0.05) is 0 Å². The maximum atomic E-state index is 12.6. The molecule has 140 valence electrons. The zero-order valence-electron chi connectivity index (χ0n) is 15.1. The van der Waals surface area contributed by atoms with Crippen LogP contribution in [0.1, 0.15) is 36.0 Å². The lowest BCUT2D eigenvalue weighted by Crippen LogP contribution is -2.48. The Morgan fingerprint density at radius 2 is 1.78 bits per heavy atom. The summed E-state index contributed by atoms with van der Waals surface area (Å²) in [6, 6.07) is 8.91. The first kappa shape index (κ1) is 17.5. The van der Waals surface area contributed by atoms with Gasteiger partial charge in [0.25, 0.3) is 5.91 Å². The van der Waals surface area contributed by atoms with Crippen molar-refractivity contribution in [2.45, 2.75) is 31.7 Å².